The van der Waals surface area contributed by atoms with Gasteiger partial charge < -0.3 is 4.90 Å². The molecule has 0 saturated heterocycles. The van der Waals surface area contributed by atoms with Gasteiger partial charge in [0.05, 0.1) is 6.04 Å². The minimum atomic E-state index is 0.196. The van der Waals surface area contributed by atoms with Crippen LogP contribution in [-0.4, -0.2) is 0 Å². The van der Waals surface area contributed by atoms with E-state index < -0.39 is 0 Å². The zero-order chi connectivity index (χ0) is 20.8. The molecule has 0 atom stereocenters. The molecule has 4 aromatic carbocycles. The van der Waals surface area contributed by atoms with Crippen molar-refractivity contribution < 1.29 is 0 Å². The third-order valence-electron chi connectivity index (χ3n) is 7.71. The first kappa shape index (κ1) is 16.8. The fraction of sp³-hybridized carbons (Fsp3) is 0.0968. The van der Waals surface area contributed by atoms with Crippen LogP contribution >= 0.6 is 0 Å². The molecule has 0 aromatic heterocycles. The Labute approximate surface area is 188 Å². The van der Waals surface area contributed by atoms with Crippen molar-refractivity contribution in [2.75, 3.05) is 4.90 Å². The molecule has 0 spiro atoms. The summed E-state index contributed by atoms with van der Waals surface area (Å²) in [6.07, 6.45) is 11.2. The Balaban J connectivity index is 1.52. The summed E-state index contributed by atoms with van der Waals surface area (Å²) in [6.45, 7) is 0. The van der Waals surface area contributed by atoms with Crippen LogP contribution < -0.4 is 4.90 Å². The predicted molar refractivity (Wildman–Crippen MR) is 133 cm³/mol. The van der Waals surface area contributed by atoms with Crippen LogP contribution in [0.2, 0.25) is 0 Å². The van der Waals surface area contributed by atoms with Gasteiger partial charge in [-0.1, -0.05) is 85.0 Å². The molecule has 8 rings (SSSR count). The summed E-state index contributed by atoms with van der Waals surface area (Å²) in [6, 6.07) is 27.6. The second-order valence-electron chi connectivity index (χ2n) is 9.21. The molecule has 0 bridgehead atoms. The van der Waals surface area contributed by atoms with E-state index in [-0.39, 0.29) is 6.04 Å². The Morgan fingerprint density at radius 3 is 1.59 bits per heavy atom. The Morgan fingerprint density at radius 1 is 0.562 bits per heavy atom. The van der Waals surface area contributed by atoms with Gasteiger partial charge in [0.15, 0.2) is 0 Å². The number of hydrogen-bond acceptors (Lipinski definition) is 1. The third kappa shape index (κ3) is 1.95. The molecule has 1 heteroatoms. The van der Waals surface area contributed by atoms with Crippen molar-refractivity contribution in [3.63, 3.8) is 0 Å². The number of allylic oxidation sites excluding steroid dienone is 2. The van der Waals surface area contributed by atoms with Crippen LogP contribution in [0.4, 0.5) is 11.4 Å². The first-order chi connectivity index (χ1) is 15.9. The van der Waals surface area contributed by atoms with Gasteiger partial charge >= 0.3 is 0 Å². The lowest BCUT2D eigenvalue weighted by Crippen LogP contribution is -2.33. The van der Waals surface area contributed by atoms with E-state index in [1.807, 2.05) is 0 Å². The van der Waals surface area contributed by atoms with Gasteiger partial charge in [-0.2, -0.15) is 0 Å². The summed E-state index contributed by atoms with van der Waals surface area (Å²) in [7, 11) is 0. The van der Waals surface area contributed by atoms with Crippen molar-refractivity contribution >= 4 is 23.5 Å². The third-order valence-corrected chi connectivity index (χ3v) is 7.71. The topological polar surface area (TPSA) is 3.24 Å². The van der Waals surface area contributed by atoms with Crippen LogP contribution in [0.3, 0.4) is 0 Å². The summed E-state index contributed by atoms with van der Waals surface area (Å²) in [5.41, 5.74) is 16.9. The number of benzene rings is 4. The van der Waals surface area contributed by atoms with E-state index in [1.165, 1.54) is 67.0 Å². The Morgan fingerprint density at radius 2 is 1.06 bits per heavy atom. The Kier molecular flexibility index (Phi) is 3.09. The van der Waals surface area contributed by atoms with E-state index in [0.717, 1.165) is 12.8 Å². The van der Waals surface area contributed by atoms with Gasteiger partial charge in [0.2, 0.25) is 0 Å². The summed E-state index contributed by atoms with van der Waals surface area (Å²) < 4.78 is 0. The lowest BCUT2D eigenvalue weighted by atomic mass is 9.75. The molecule has 0 amide bonds. The summed E-state index contributed by atoms with van der Waals surface area (Å²) >= 11 is 0. The molecule has 2 heterocycles. The fourth-order valence-corrected chi connectivity index (χ4v) is 6.46. The van der Waals surface area contributed by atoms with Gasteiger partial charge in [0, 0.05) is 22.5 Å². The van der Waals surface area contributed by atoms with Crippen molar-refractivity contribution in [1.29, 1.82) is 0 Å². The minimum Gasteiger partial charge on any atom is -0.329 e. The highest BCUT2D eigenvalue weighted by Crippen LogP contribution is 2.59. The number of anilines is 2. The van der Waals surface area contributed by atoms with Gasteiger partial charge in [-0.05, 0) is 69.5 Å². The van der Waals surface area contributed by atoms with Crippen LogP contribution in [0.15, 0.2) is 84.9 Å². The quantitative estimate of drug-likeness (QED) is 0.288. The summed E-state index contributed by atoms with van der Waals surface area (Å²) in [5.74, 6) is 0. The summed E-state index contributed by atoms with van der Waals surface area (Å²) in [5, 5.41) is 0. The molecular weight excluding hydrogens is 386 g/mol. The van der Waals surface area contributed by atoms with Gasteiger partial charge in [-0.25, -0.2) is 0 Å². The van der Waals surface area contributed by atoms with E-state index in [2.05, 4.69) is 102 Å². The van der Waals surface area contributed by atoms with E-state index in [0.29, 0.717) is 0 Å². The maximum Gasteiger partial charge on any atom is 0.0857 e. The SMILES string of the molecule is C1=Cc2ccc3c(c2C1)-c1ccccc1N1c2ccccc2-c2c(ccc4c2CC=C4)C31. The van der Waals surface area contributed by atoms with Crippen molar-refractivity contribution in [3.05, 3.63) is 118 Å². The number of rotatable bonds is 0. The standard InChI is InChI=1S/C31H21N/c1-3-13-27-23(9-1)29-21-11-5-7-19(21)15-17-25(29)31-26-18-16-20-8-6-12-22(20)30(26)24-10-2-4-14-28(24)32(27)31/h1-10,13-18,31H,11-12H2. The van der Waals surface area contributed by atoms with Gasteiger partial charge in [0.1, 0.15) is 0 Å². The molecule has 4 aliphatic rings. The largest absolute Gasteiger partial charge is 0.329 e. The molecule has 1 nitrogen and oxygen atoms in total. The van der Waals surface area contributed by atoms with Gasteiger partial charge in [0.25, 0.3) is 0 Å². The average Bonchev–Trinajstić information content (AvgIpc) is 3.52. The van der Waals surface area contributed by atoms with E-state index in [4.69, 9.17) is 0 Å². The molecular formula is C31H21N. The number of nitrogens with zero attached hydrogens (tertiary/aromatic N) is 1. The fourth-order valence-electron chi connectivity index (χ4n) is 6.46. The number of hydrogen-bond donors (Lipinski definition) is 0. The van der Waals surface area contributed by atoms with Crippen LogP contribution in [-0.2, 0) is 12.8 Å². The maximum absolute atomic E-state index is 2.60. The first-order valence-corrected chi connectivity index (χ1v) is 11.5. The molecule has 0 unspecified atom stereocenters. The average molecular weight is 408 g/mol. The highest BCUT2D eigenvalue weighted by atomic mass is 15.2. The Hall–Kier alpha value is -3.84. The normalized spacial score (nSPS) is 16.1. The number of fused-ring (bicyclic) bond motifs is 15. The number of para-hydroxylation sites is 2. The molecule has 0 saturated carbocycles. The van der Waals surface area contributed by atoms with Crippen LogP contribution in [0, 0.1) is 0 Å². The van der Waals surface area contributed by atoms with Crippen LogP contribution in [0.1, 0.15) is 39.4 Å². The summed E-state index contributed by atoms with van der Waals surface area (Å²) in [4.78, 5) is 2.60. The van der Waals surface area contributed by atoms with Crippen LogP contribution in [0.25, 0.3) is 34.4 Å². The zero-order valence-electron chi connectivity index (χ0n) is 17.7. The second-order valence-corrected chi connectivity index (χ2v) is 9.21. The highest BCUT2D eigenvalue weighted by Gasteiger charge is 2.40. The zero-order valence-corrected chi connectivity index (χ0v) is 17.7. The maximum atomic E-state index is 2.60. The lowest BCUT2D eigenvalue weighted by Gasteiger charge is -2.46. The smallest absolute Gasteiger partial charge is 0.0857 e. The van der Waals surface area contributed by atoms with Crippen molar-refractivity contribution in [3.8, 4) is 22.3 Å². The van der Waals surface area contributed by atoms with E-state index >= 15 is 0 Å². The molecule has 0 N–H and O–H groups in total. The van der Waals surface area contributed by atoms with Crippen LogP contribution in [0.5, 0.6) is 0 Å². The van der Waals surface area contributed by atoms with E-state index in [9.17, 15) is 0 Å². The van der Waals surface area contributed by atoms with E-state index in [1.54, 1.807) is 0 Å². The first-order valence-electron chi connectivity index (χ1n) is 11.5. The molecule has 2 aliphatic heterocycles. The molecule has 32 heavy (non-hydrogen) atoms. The minimum absolute atomic E-state index is 0.196. The molecule has 150 valence electrons. The van der Waals surface area contributed by atoms with Crippen molar-refractivity contribution in [2.24, 2.45) is 0 Å². The predicted octanol–water partition coefficient (Wildman–Crippen LogP) is 7.71. The van der Waals surface area contributed by atoms with Crippen molar-refractivity contribution in [1.82, 2.24) is 0 Å². The monoisotopic (exact) mass is 407 g/mol. The molecule has 2 aliphatic carbocycles. The highest BCUT2D eigenvalue weighted by molar-refractivity contribution is 6.00. The molecule has 4 aromatic rings. The van der Waals surface area contributed by atoms with Gasteiger partial charge in [-0.3, -0.25) is 0 Å². The van der Waals surface area contributed by atoms with Gasteiger partial charge in [-0.15, -0.1) is 0 Å². The van der Waals surface area contributed by atoms with Crippen molar-refractivity contribution in [2.45, 2.75) is 18.9 Å². The lowest BCUT2D eigenvalue weighted by molar-refractivity contribution is 0.798. The molecule has 0 fully saturated rings. The molecule has 0 radical (unpaired) electrons. The Bertz CT molecular complexity index is 1420. The second kappa shape index (κ2) is 5.89.